The van der Waals surface area contributed by atoms with Crippen LogP contribution in [0.1, 0.15) is 60.0 Å². The van der Waals surface area contributed by atoms with Gasteiger partial charge in [-0.15, -0.1) is 0 Å². The van der Waals surface area contributed by atoms with Crippen LogP contribution in [0.15, 0.2) is 34.7 Å². The zero-order valence-electron chi connectivity index (χ0n) is 13.7. The minimum absolute atomic E-state index is 0.215. The maximum absolute atomic E-state index is 12.3. The van der Waals surface area contributed by atoms with E-state index in [1.54, 1.807) is 44.2 Å². The van der Waals surface area contributed by atoms with Gasteiger partial charge in [0.15, 0.2) is 0 Å². The molecule has 1 atom stereocenters. The molecule has 23 heavy (non-hydrogen) atoms. The number of aryl methyl sites for hydroxylation is 1. The second-order valence-corrected chi connectivity index (χ2v) is 5.91. The molecule has 0 aliphatic heterocycles. The van der Waals surface area contributed by atoms with Crippen LogP contribution < -0.4 is 5.32 Å². The molecule has 5 heteroatoms. The molecule has 0 aliphatic rings. The summed E-state index contributed by atoms with van der Waals surface area (Å²) < 4.78 is 5.59. The number of rotatable bonds is 5. The number of anilines is 1. The number of carboxylic acids is 1. The summed E-state index contributed by atoms with van der Waals surface area (Å²) in [4.78, 5) is 23.3. The molecule has 0 bridgehead atoms. The quantitative estimate of drug-likeness (QED) is 0.868. The van der Waals surface area contributed by atoms with Crippen molar-refractivity contribution in [3.63, 3.8) is 0 Å². The van der Waals surface area contributed by atoms with Crippen LogP contribution in [-0.2, 0) is 4.79 Å². The standard InChI is InChI=1S/C18H21NO4/c1-10(2)16-9-15(12(4)23-16)17(20)19-14-7-5-13(6-8-14)11(3)18(21)22/h5-11H,1-4H3,(H,19,20)(H,21,22). The summed E-state index contributed by atoms with van der Waals surface area (Å²) >= 11 is 0. The van der Waals surface area contributed by atoms with Crippen LogP contribution in [0.4, 0.5) is 5.69 Å². The van der Waals surface area contributed by atoms with Crippen molar-refractivity contribution >= 4 is 17.6 Å². The molecule has 1 amide bonds. The Labute approximate surface area is 135 Å². The Kier molecular flexibility index (Phi) is 4.89. The summed E-state index contributed by atoms with van der Waals surface area (Å²) in [6.45, 7) is 7.39. The Hall–Kier alpha value is -2.56. The maximum Gasteiger partial charge on any atom is 0.310 e. The van der Waals surface area contributed by atoms with E-state index in [9.17, 15) is 9.59 Å². The van der Waals surface area contributed by atoms with Crippen LogP contribution in [-0.4, -0.2) is 17.0 Å². The normalized spacial score (nSPS) is 12.2. The molecule has 5 nitrogen and oxygen atoms in total. The molecule has 1 unspecified atom stereocenters. The third-order valence-electron chi connectivity index (χ3n) is 3.79. The number of hydrogen-bond donors (Lipinski definition) is 2. The Morgan fingerprint density at radius 2 is 1.74 bits per heavy atom. The summed E-state index contributed by atoms with van der Waals surface area (Å²) in [6, 6.07) is 8.57. The third kappa shape index (κ3) is 3.80. The molecular weight excluding hydrogens is 294 g/mol. The van der Waals surface area contributed by atoms with Crippen molar-refractivity contribution in [2.45, 2.75) is 39.5 Å². The predicted octanol–water partition coefficient (Wildman–Crippen LogP) is 4.15. The summed E-state index contributed by atoms with van der Waals surface area (Å²) in [7, 11) is 0. The van der Waals surface area contributed by atoms with Crippen LogP contribution in [0.25, 0.3) is 0 Å². The molecule has 2 aromatic rings. The zero-order valence-corrected chi connectivity index (χ0v) is 13.7. The topological polar surface area (TPSA) is 79.5 Å². The molecule has 1 aromatic carbocycles. The van der Waals surface area contributed by atoms with E-state index >= 15 is 0 Å². The first-order chi connectivity index (χ1) is 10.8. The molecule has 1 aromatic heterocycles. The highest BCUT2D eigenvalue weighted by molar-refractivity contribution is 6.05. The molecule has 0 saturated heterocycles. The molecule has 122 valence electrons. The molecular formula is C18H21NO4. The van der Waals surface area contributed by atoms with Gasteiger partial charge in [-0.2, -0.15) is 0 Å². The van der Waals surface area contributed by atoms with Gasteiger partial charge in [-0.25, -0.2) is 0 Å². The third-order valence-corrected chi connectivity index (χ3v) is 3.79. The summed E-state index contributed by atoms with van der Waals surface area (Å²) in [5.41, 5.74) is 1.82. The average molecular weight is 315 g/mol. The highest BCUT2D eigenvalue weighted by Crippen LogP contribution is 2.23. The lowest BCUT2D eigenvalue weighted by Crippen LogP contribution is -2.12. The van der Waals surface area contributed by atoms with Gasteiger partial charge in [0.25, 0.3) is 5.91 Å². The molecule has 2 N–H and O–H groups in total. The van der Waals surface area contributed by atoms with E-state index in [4.69, 9.17) is 9.52 Å². The van der Waals surface area contributed by atoms with Gasteiger partial charge in [-0.1, -0.05) is 26.0 Å². The van der Waals surface area contributed by atoms with Crippen LogP contribution in [0.5, 0.6) is 0 Å². The van der Waals surface area contributed by atoms with Crippen molar-refractivity contribution in [1.29, 1.82) is 0 Å². The highest BCUT2D eigenvalue weighted by Gasteiger charge is 2.17. The van der Waals surface area contributed by atoms with Crippen molar-refractivity contribution < 1.29 is 19.1 Å². The lowest BCUT2D eigenvalue weighted by molar-refractivity contribution is -0.138. The summed E-state index contributed by atoms with van der Waals surface area (Å²) in [5.74, 6) is -0.119. The molecule has 2 rings (SSSR count). The number of furan rings is 1. The van der Waals surface area contributed by atoms with E-state index in [-0.39, 0.29) is 11.8 Å². The smallest absolute Gasteiger partial charge is 0.310 e. The van der Waals surface area contributed by atoms with Crippen LogP contribution in [0.3, 0.4) is 0 Å². The lowest BCUT2D eigenvalue weighted by atomic mass is 10.0. The van der Waals surface area contributed by atoms with Crippen LogP contribution in [0, 0.1) is 6.92 Å². The van der Waals surface area contributed by atoms with Gasteiger partial charge in [0.2, 0.25) is 0 Å². The Morgan fingerprint density at radius 3 is 2.22 bits per heavy atom. The van der Waals surface area contributed by atoms with Gasteiger partial charge in [0, 0.05) is 11.6 Å². The summed E-state index contributed by atoms with van der Waals surface area (Å²) in [5, 5.41) is 11.8. The largest absolute Gasteiger partial charge is 0.481 e. The highest BCUT2D eigenvalue weighted by atomic mass is 16.4. The SMILES string of the molecule is Cc1oc(C(C)C)cc1C(=O)Nc1ccc(C(C)C(=O)O)cc1. The molecule has 0 aliphatic carbocycles. The number of carboxylic acid groups (broad SMARTS) is 1. The van der Waals surface area contributed by atoms with Crippen molar-refractivity contribution in [1.82, 2.24) is 0 Å². The van der Waals surface area contributed by atoms with Gasteiger partial charge in [0.1, 0.15) is 11.5 Å². The van der Waals surface area contributed by atoms with Gasteiger partial charge in [-0.05, 0) is 37.6 Å². The van der Waals surface area contributed by atoms with Crippen LogP contribution in [0.2, 0.25) is 0 Å². The monoisotopic (exact) mass is 315 g/mol. The number of nitrogens with one attached hydrogen (secondary N) is 1. The molecule has 0 spiro atoms. The second kappa shape index (κ2) is 6.69. The van der Waals surface area contributed by atoms with Gasteiger partial charge in [0.05, 0.1) is 11.5 Å². The fourth-order valence-electron chi connectivity index (χ4n) is 2.21. The molecule has 0 radical (unpaired) electrons. The van der Waals surface area contributed by atoms with E-state index in [1.807, 2.05) is 13.8 Å². The van der Waals surface area contributed by atoms with Gasteiger partial charge >= 0.3 is 5.97 Å². The second-order valence-electron chi connectivity index (χ2n) is 5.91. The number of benzene rings is 1. The zero-order chi connectivity index (χ0) is 17.1. The maximum atomic E-state index is 12.3. The van der Waals surface area contributed by atoms with E-state index < -0.39 is 11.9 Å². The number of amides is 1. The predicted molar refractivity (Wildman–Crippen MR) is 88.0 cm³/mol. The Bertz CT molecular complexity index is 713. The first-order valence-corrected chi connectivity index (χ1v) is 7.54. The van der Waals surface area contributed by atoms with E-state index in [0.29, 0.717) is 22.6 Å². The van der Waals surface area contributed by atoms with Crippen molar-refractivity contribution in [2.75, 3.05) is 5.32 Å². The number of carbonyl (C=O) groups excluding carboxylic acids is 1. The lowest BCUT2D eigenvalue weighted by Gasteiger charge is -2.08. The first-order valence-electron chi connectivity index (χ1n) is 7.54. The van der Waals surface area contributed by atoms with Gasteiger partial charge in [-0.3, -0.25) is 9.59 Å². The van der Waals surface area contributed by atoms with Crippen molar-refractivity contribution in [2.24, 2.45) is 0 Å². The first kappa shape index (κ1) is 16.8. The minimum Gasteiger partial charge on any atom is -0.481 e. The number of carbonyl (C=O) groups is 2. The molecule has 1 heterocycles. The molecule has 0 saturated carbocycles. The van der Waals surface area contributed by atoms with E-state index in [1.165, 1.54) is 0 Å². The Balaban J connectivity index is 2.13. The fourth-order valence-corrected chi connectivity index (χ4v) is 2.21. The Morgan fingerprint density at radius 1 is 1.13 bits per heavy atom. The van der Waals surface area contributed by atoms with E-state index in [2.05, 4.69) is 5.32 Å². The summed E-state index contributed by atoms with van der Waals surface area (Å²) in [6.07, 6.45) is 0. The average Bonchev–Trinajstić information content (AvgIpc) is 2.89. The molecule has 0 fully saturated rings. The van der Waals surface area contributed by atoms with Crippen molar-refractivity contribution in [3.8, 4) is 0 Å². The van der Waals surface area contributed by atoms with Crippen molar-refractivity contribution in [3.05, 3.63) is 53.0 Å². The minimum atomic E-state index is -0.878. The number of aliphatic carboxylic acids is 1. The number of hydrogen-bond acceptors (Lipinski definition) is 3. The van der Waals surface area contributed by atoms with E-state index in [0.717, 1.165) is 5.76 Å². The van der Waals surface area contributed by atoms with Crippen LogP contribution >= 0.6 is 0 Å². The van der Waals surface area contributed by atoms with Gasteiger partial charge < -0.3 is 14.8 Å². The fraction of sp³-hybridized carbons (Fsp3) is 0.333.